The molecule has 7 nitrogen and oxygen atoms in total. The summed E-state index contributed by atoms with van der Waals surface area (Å²) in [6, 6.07) is 18.4. The molecule has 1 aliphatic rings. The third-order valence-corrected chi connectivity index (χ3v) is 5.69. The molecule has 0 spiro atoms. The van der Waals surface area contributed by atoms with E-state index in [4.69, 9.17) is 16.3 Å². The minimum absolute atomic E-state index is 0.00102. The molecule has 1 N–H and O–H groups in total. The number of nitrogens with one attached hydrogen (secondary N) is 1. The average Bonchev–Trinajstić information content (AvgIpc) is 3.18. The van der Waals surface area contributed by atoms with Crippen LogP contribution < -0.4 is 10.1 Å². The van der Waals surface area contributed by atoms with Gasteiger partial charge in [0.05, 0.1) is 11.4 Å². The van der Waals surface area contributed by atoms with E-state index in [9.17, 15) is 9.59 Å². The third-order valence-electron chi connectivity index (χ3n) is 5.46. The maximum Gasteiger partial charge on any atom is 0.260 e. The molecule has 1 aromatic heterocycles. The largest absolute Gasteiger partial charge is 0.484 e. The van der Waals surface area contributed by atoms with Crippen molar-refractivity contribution in [1.82, 2.24) is 14.7 Å². The van der Waals surface area contributed by atoms with E-state index in [-0.39, 0.29) is 24.3 Å². The number of para-hydroxylation sites is 1. The highest BCUT2D eigenvalue weighted by Crippen LogP contribution is 2.23. The van der Waals surface area contributed by atoms with Crippen LogP contribution in [0.25, 0.3) is 5.69 Å². The second-order valence-corrected chi connectivity index (χ2v) is 8.25. The van der Waals surface area contributed by atoms with Crippen LogP contribution in [0.5, 0.6) is 5.75 Å². The Morgan fingerprint density at radius 1 is 1.09 bits per heavy atom. The van der Waals surface area contributed by atoms with Crippen LogP contribution in [0.1, 0.15) is 18.5 Å². The molecule has 2 amide bonds. The Labute approximate surface area is 191 Å². The number of amides is 2. The Morgan fingerprint density at radius 3 is 2.56 bits per heavy atom. The zero-order valence-electron chi connectivity index (χ0n) is 17.8. The summed E-state index contributed by atoms with van der Waals surface area (Å²) >= 11 is 6.11. The van der Waals surface area contributed by atoms with E-state index < -0.39 is 0 Å². The summed E-state index contributed by atoms with van der Waals surface area (Å²) < 4.78 is 7.23. The van der Waals surface area contributed by atoms with Gasteiger partial charge >= 0.3 is 0 Å². The first-order valence-electron chi connectivity index (χ1n) is 10.6. The summed E-state index contributed by atoms with van der Waals surface area (Å²) in [4.78, 5) is 27.1. The maximum atomic E-state index is 12.9. The SMILES string of the molecule is Cc1cc(NC(=O)C2CCN(C(=O)COc3ccccc3)CC2)n(-c2cccc(Cl)c2)n1. The van der Waals surface area contributed by atoms with Crippen molar-refractivity contribution in [2.45, 2.75) is 19.8 Å². The fourth-order valence-electron chi connectivity index (χ4n) is 3.77. The van der Waals surface area contributed by atoms with Gasteiger partial charge in [0.1, 0.15) is 11.6 Å². The molecule has 2 heterocycles. The number of halogens is 1. The number of nitrogens with zero attached hydrogens (tertiary/aromatic N) is 3. The van der Waals surface area contributed by atoms with Crippen molar-refractivity contribution in [3.63, 3.8) is 0 Å². The number of hydrogen-bond donors (Lipinski definition) is 1. The number of ether oxygens (including phenoxy) is 1. The molecule has 8 heteroatoms. The van der Waals surface area contributed by atoms with Crippen molar-refractivity contribution in [3.8, 4) is 11.4 Å². The molecular weight excluding hydrogens is 428 g/mol. The number of aryl methyl sites for hydroxylation is 1. The monoisotopic (exact) mass is 452 g/mol. The molecule has 166 valence electrons. The molecule has 0 saturated carbocycles. The topological polar surface area (TPSA) is 76.5 Å². The molecule has 3 aromatic rings. The summed E-state index contributed by atoms with van der Waals surface area (Å²) in [7, 11) is 0. The first-order valence-corrected chi connectivity index (χ1v) is 11.0. The standard InChI is InChI=1S/C24H25ClN4O3/c1-17-14-22(29(27-17)20-7-5-6-19(25)15-20)26-24(31)18-10-12-28(13-11-18)23(30)16-32-21-8-3-2-4-9-21/h2-9,14-15,18H,10-13,16H2,1H3,(H,26,31). The summed E-state index contributed by atoms with van der Waals surface area (Å²) in [6.07, 6.45) is 1.21. The van der Waals surface area contributed by atoms with E-state index in [1.807, 2.05) is 55.5 Å². The number of aromatic nitrogens is 2. The molecule has 0 unspecified atom stereocenters. The average molecular weight is 453 g/mol. The van der Waals surface area contributed by atoms with E-state index in [2.05, 4.69) is 10.4 Å². The predicted molar refractivity (Wildman–Crippen MR) is 123 cm³/mol. The van der Waals surface area contributed by atoms with Gasteiger partial charge in [-0.2, -0.15) is 5.10 Å². The molecule has 32 heavy (non-hydrogen) atoms. The van der Waals surface area contributed by atoms with E-state index in [0.717, 1.165) is 11.4 Å². The summed E-state index contributed by atoms with van der Waals surface area (Å²) in [6.45, 7) is 2.93. The quantitative estimate of drug-likeness (QED) is 0.611. The van der Waals surface area contributed by atoms with E-state index in [0.29, 0.717) is 42.5 Å². The van der Waals surface area contributed by atoms with Gasteiger partial charge in [-0.05, 0) is 50.1 Å². The fourth-order valence-corrected chi connectivity index (χ4v) is 3.95. The van der Waals surface area contributed by atoms with Gasteiger partial charge in [-0.3, -0.25) is 9.59 Å². The van der Waals surface area contributed by atoms with Gasteiger partial charge in [-0.15, -0.1) is 0 Å². The third kappa shape index (κ3) is 5.29. The molecular formula is C24H25ClN4O3. The van der Waals surface area contributed by atoms with Crippen LogP contribution in [0.3, 0.4) is 0 Å². The Bertz CT molecular complexity index is 1090. The van der Waals surface area contributed by atoms with Gasteiger partial charge < -0.3 is 15.0 Å². The fraction of sp³-hybridized carbons (Fsp3) is 0.292. The lowest BCUT2D eigenvalue weighted by molar-refractivity contribution is -0.136. The normalized spacial score (nSPS) is 14.2. The highest BCUT2D eigenvalue weighted by Gasteiger charge is 2.28. The van der Waals surface area contributed by atoms with Gasteiger partial charge in [0.25, 0.3) is 5.91 Å². The van der Waals surface area contributed by atoms with Crippen LogP contribution in [-0.4, -0.2) is 46.2 Å². The number of rotatable bonds is 6. The first-order chi connectivity index (χ1) is 15.5. The molecule has 1 saturated heterocycles. The predicted octanol–water partition coefficient (Wildman–Crippen LogP) is 4.09. The Hall–Kier alpha value is -3.32. The molecule has 0 bridgehead atoms. The molecule has 0 aliphatic carbocycles. The Balaban J connectivity index is 1.32. The lowest BCUT2D eigenvalue weighted by atomic mass is 9.96. The Morgan fingerprint density at radius 2 is 1.84 bits per heavy atom. The number of carbonyl (C=O) groups excluding carboxylic acids is 2. The molecule has 0 radical (unpaired) electrons. The molecule has 1 fully saturated rings. The number of carbonyl (C=O) groups is 2. The van der Waals surface area contributed by atoms with E-state index in [1.54, 1.807) is 21.7 Å². The van der Waals surface area contributed by atoms with Crippen LogP contribution in [0.15, 0.2) is 60.7 Å². The van der Waals surface area contributed by atoms with Gasteiger partial charge in [0.2, 0.25) is 5.91 Å². The van der Waals surface area contributed by atoms with Gasteiger partial charge in [0.15, 0.2) is 6.61 Å². The van der Waals surface area contributed by atoms with Crippen molar-refractivity contribution < 1.29 is 14.3 Å². The minimum Gasteiger partial charge on any atom is -0.484 e. The summed E-state index contributed by atoms with van der Waals surface area (Å²) in [5.41, 5.74) is 1.57. The lowest BCUT2D eigenvalue weighted by Gasteiger charge is -2.31. The van der Waals surface area contributed by atoms with Crippen LogP contribution in [-0.2, 0) is 9.59 Å². The Kier molecular flexibility index (Phi) is 6.75. The second kappa shape index (κ2) is 9.87. The smallest absolute Gasteiger partial charge is 0.260 e. The maximum absolute atomic E-state index is 12.9. The van der Waals surface area contributed by atoms with Crippen LogP contribution in [0.4, 0.5) is 5.82 Å². The van der Waals surface area contributed by atoms with E-state index in [1.165, 1.54) is 0 Å². The van der Waals surface area contributed by atoms with Gasteiger partial charge in [-0.25, -0.2) is 4.68 Å². The van der Waals surface area contributed by atoms with Crippen molar-refractivity contribution in [1.29, 1.82) is 0 Å². The highest BCUT2D eigenvalue weighted by molar-refractivity contribution is 6.30. The molecule has 0 atom stereocenters. The van der Waals surface area contributed by atoms with Crippen molar-refractivity contribution >= 4 is 29.2 Å². The van der Waals surface area contributed by atoms with Crippen LogP contribution in [0, 0.1) is 12.8 Å². The zero-order chi connectivity index (χ0) is 22.5. The van der Waals surface area contributed by atoms with Crippen molar-refractivity contribution in [2.24, 2.45) is 5.92 Å². The van der Waals surface area contributed by atoms with Crippen molar-refractivity contribution in [2.75, 3.05) is 25.0 Å². The second-order valence-electron chi connectivity index (χ2n) is 7.81. The number of likely N-dealkylation sites (tertiary alicyclic amines) is 1. The van der Waals surface area contributed by atoms with Gasteiger partial charge in [0, 0.05) is 30.1 Å². The molecule has 1 aliphatic heterocycles. The van der Waals surface area contributed by atoms with Crippen molar-refractivity contribution in [3.05, 3.63) is 71.4 Å². The number of anilines is 1. The summed E-state index contributed by atoms with van der Waals surface area (Å²) in [5.74, 6) is 0.964. The lowest BCUT2D eigenvalue weighted by Crippen LogP contribution is -2.43. The number of piperidine rings is 1. The van der Waals surface area contributed by atoms with Gasteiger partial charge in [-0.1, -0.05) is 35.9 Å². The number of benzene rings is 2. The number of hydrogen-bond acceptors (Lipinski definition) is 4. The highest BCUT2D eigenvalue weighted by atomic mass is 35.5. The molecule has 2 aromatic carbocycles. The first kappa shape index (κ1) is 21.9. The molecule has 4 rings (SSSR count). The van der Waals surface area contributed by atoms with E-state index >= 15 is 0 Å². The summed E-state index contributed by atoms with van der Waals surface area (Å²) in [5, 5.41) is 8.08. The van der Waals surface area contributed by atoms with Crippen LogP contribution >= 0.6 is 11.6 Å². The van der Waals surface area contributed by atoms with Crippen LogP contribution in [0.2, 0.25) is 5.02 Å². The zero-order valence-corrected chi connectivity index (χ0v) is 18.6. The minimum atomic E-state index is -0.169.